The van der Waals surface area contributed by atoms with Crippen molar-refractivity contribution in [2.75, 3.05) is 5.12 Å². The highest BCUT2D eigenvalue weighted by Crippen LogP contribution is 2.36. The molecule has 0 radical (unpaired) electrons. The quantitative estimate of drug-likeness (QED) is 0.394. The van der Waals surface area contributed by atoms with Crippen molar-refractivity contribution in [1.29, 1.82) is 0 Å². The smallest absolute Gasteiger partial charge is 0.146 e. The Hall–Kier alpha value is -3.84. The molecule has 3 aromatic carbocycles. The van der Waals surface area contributed by atoms with Gasteiger partial charge >= 0.3 is 0 Å². The molecule has 0 fully saturated rings. The summed E-state index contributed by atoms with van der Waals surface area (Å²) in [6.07, 6.45) is 1.93. The van der Waals surface area contributed by atoms with Crippen molar-refractivity contribution < 1.29 is 20.4 Å². The van der Waals surface area contributed by atoms with E-state index in [1.807, 2.05) is 32.1 Å². The average molecular weight is 405 g/mol. The summed E-state index contributed by atoms with van der Waals surface area (Å²) in [4.78, 5) is 0. The molecule has 4 rings (SSSR count). The molecular weight excluding hydrogens is 382 g/mol. The van der Waals surface area contributed by atoms with Crippen LogP contribution in [0.3, 0.4) is 0 Å². The second kappa shape index (κ2) is 7.53. The Morgan fingerprint density at radius 2 is 1.50 bits per heavy atom. The summed E-state index contributed by atoms with van der Waals surface area (Å²) >= 11 is 0. The van der Waals surface area contributed by atoms with Gasteiger partial charge in [0.05, 0.1) is 11.7 Å². The molecule has 0 amide bonds. The first-order valence-electron chi connectivity index (χ1n) is 9.48. The van der Waals surface area contributed by atoms with E-state index in [0.29, 0.717) is 11.3 Å². The summed E-state index contributed by atoms with van der Waals surface area (Å²) < 4.78 is 0. The van der Waals surface area contributed by atoms with E-state index in [2.05, 4.69) is 16.9 Å². The van der Waals surface area contributed by atoms with Gasteiger partial charge < -0.3 is 20.4 Å². The number of hydrogen-bond donors (Lipinski definition) is 6. The molecule has 0 bridgehead atoms. The van der Waals surface area contributed by atoms with E-state index in [4.69, 9.17) is 0 Å². The minimum Gasteiger partial charge on any atom is -0.508 e. The minimum absolute atomic E-state index is 0.0307. The van der Waals surface area contributed by atoms with Crippen LogP contribution in [0, 0.1) is 13.8 Å². The highest BCUT2D eigenvalue weighted by atomic mass is 16.3. The summed E-state index contributed by atoms with van der Waals surface area (Å²) in [6, 6.07) is 14.4. The Morgan fingerprint density at radius 3 is 2.17 bits per heavy atom. The molecule has 1 unspecified atom stereocenters. The number of hydrogen-bond acceptors (Lipinski definition) is 7. The molecular formula is C23H23N3O4. The van der Waals surface area contributed by atoms with E-state index < -0.39 is 6.04 Å². The van der Waals surface area contributed by atoms with Gasteiger partial charge in [-0.15, -0.1) is 0 Å². The molecule has 1 aliphatic rings. The van der Waals surface area contributed by atoms with Crippen LogP contribution >= 0.6 is 0 Å². The summed E-state index contributed by atoms with van der Waals surface area (Å²) in [5.74, 6) is -0.256. The molecule has 1 heterocycles. The first-order valence-corrected chi connectivity index (χ1v) is 9.48. The monoisotopic (exact) mass is 405 g/mol. The molecule has 1 aliphatic heterocycles. The van der Waals surface area contributed by atoms with Crippen LogP contribution in [0.4, 0.5) is 5.69 Å². The number of aryl methyl sites for hydroxylation is 2. The van der Waals surface area contributed by atoms with Gasteiger partial charge in [-0.2, -0.15) is 0 Å². The molecule has 7 nitrogen and oxygen atoms in total. The third-order valence-electron chi connectivity index (χ3n) is 5.05. The van der Waals surface area contributed by atoms with Crippen molar-refractivity contribution in [1.82, 2.24) is 10.9 Å². The van der Waals surface area contributed by atoms with Crippen molar-refractivity contribution >= 4 is 11.4 Å². The van der Waals surface area contributed by atoms with Crippen LogP contribution in [-0.4, -0.2) is 20.4 Å². The largest absolute Gasteiger partial charge is 0.508 e. The maximum Gasteiger partial charge on any atom is 0.146 e. The van der Waals surface area contributed by atoms with E-state index >= 15 is 0 Å². The van der Waals surface area contributed by atoms with Gasteiger partial charge in [0.1, 0.15) is 28.7 Å². The number of nitrogens with one attached hydrogen (secondary N) is 2. The van der Waals surface area contributed by atoms with Crippen LogP contribution in [0.5, 0.6) is 23.0 Å². The van der Waals surface area contributed by atoms with Crippen LogP contribution in [0.1, 0.15) is 28.3 Å². The van der Waals surface area contributed by atoms with Crippen molar-refractivity contribution in [2.45, 2.75) is 19.9 Å². The van der Waals surface area contributed by atoms with Gasteiger partial charge in [-0.05, 0) is 49.8 Å². The van der Waals surface area contributed by atoms with Gasteiger partial charge in [-0.25, -0.2) is 10.5 Å². The number of nitrogens with zero attached hydrogens (tertiary/aromatic N) is 1. The Kier molecular flexibility index (Phi) is 4.89. The lowest BCUT2D eigenvalue weighted by Gasteiger charge is -2.37. The molecule has 0 aromatic heterocycles. The second-order valence-electron chi connectivity index (χ2n) is 7.37. The number of hydrazine groups is 2. The Bertz CT molecular complexity index is 1140. The standard InChI is InChI=1S/C23H23N3O4/c1-13-3-6-17(14(2)9-13)19-12-20(18-7-4-15(27)10-22(18)29)25-26(24-19)21-8-5-16(28)11-23(21)30/h3-12,20,24-25,27-30H,1-2H3. The number of rotatable bonds is 3. The number of anilines is 1. The molecule has 7 heteroatoms. The first-order chi connectivity index (χ1) is 14.3. The number of phenols is 4. The van der Waals surface area contributed by atoms with Gasteiger partial charge in [0.2, 0.25) is 0 Å². The average Bonchev–Trinajstić information content (AvgIpc) is 2.67. The number of aromatic hydroxyl groups is 4. The SMILES string of the molecule is Cc1ccc(C2=CC(c3ccc(O)cc3O)NN(c3ccc(O)cc3O)N2)c(C)c1. The highest BCUT2D eigenvalue weighted by Gasteiger charge is 2.26. The molecule has 0 saturated carbocycles. The van der Waals surface area contributed by atoms with Crippen molar-refractivity contribution in [3.8, 4) is 23.0 Å². The lowest BCUT2D eigenvalue weighted by Crippen LogP contribution is -2.52. The van der Waals surface area contributed by atoms with Gasteiger partial charge in [0.15, 0.2) is 0 Å². The summed E-state index contributed by atoms with van der Waals surface area (Å²) in [7, 11) is 0. The van der Waals surface area contributed by atoms with Crippen LogP contribution in [0.25, 0.3) is 5.70 Å². The highest BCUT2D eigenvalue weighted by molar-refractivity contribution is 5.72. The van der Waals surface area contributed by atoms with E-state index in [9.17, 15) is 20.4 Å². The Balaban J connectivity index is 1.81. The van der Waals surface area contributed by atoms with Crippen molar-refractivity contribution in [3.05, 3.63) is 82.9 Å². The maximum absolute atomic E-state index is 10.4. The second-order valence-corrected chi connectivity index (χ2v) is 7.37. The minimum atomic E-state index is -0.462. The predicted molar refractivity (Wildman–Crippen MR) is 115 cm³/mol. The molecule has 1 atom stereocenters. The third kappa shape index (κ3) is 3.70. The van der Waals surface area contributed by atoms with Crippen LogP contribution in [0.15, 0.2) is 60.7 Å². The molecule has 154 valence electrons. The molecule has 3 aromatic rings. The van der Waals surface area contributed by atoms with Crippen LogP contribution < -0.4 is 16.0 Å². The molecule has 0 saturated heterocycles. The first kappa shape index (κ1) is 19.5. The van der Waals surface area contributed by atoms with Crippen LogP contribution in [0.2, 0.25) is 0 Å². The summed E-state index contributed by atoms with van der Waals surface area (Å²) in [5.41, 5.74) is 11.4. The van der Waals surface area contributed by atoms with Gasteiger partial charge in [-0.1, -0.05) is 23.8 Å². The fourth-order valence-electron chi connectivity index (χ4n) is 3.58. The Morgan fingerprint density at radius 1 is 0.800 bits per heavy atom. The zero-order chi connectivity index (χ0) is 21.4. The Labute approximate surface area is 174 Å². The topological polar surface area (TPSA) is 108 Å². The zero-order valence-electron chi connectivity index (χ0n) is 16.6. The molecule has 30 heavy (non-hydrogen) atoms. The van der Waals surface area contributed by atoms with E-state index in [1.165, 1.54) is 24.3 Å². The molecule has 0 aliphatic carbocycles. The van der Waals surface area contributed by atoms with E-state index in [-0.39, 0.29) is 23.0 Å². The number of phenolic OH excluding ortho intramolecular Hbond substituents is 4. The fourth-order valence-corrected chi connectivity index (χ4v) is 3.58. The lowest BCUT2D eigenvalue weighted by atomic mass is 9.98. The van der Waals surface area contributed by atoms with Crippen molar-refractivity contribution in [3.63, 3.8) is 0 Å². The fraction of sp³-hybridized carbons (Fsp3) is 0.130. The van der Waals surface area contributed by atoms with Gasteiger partial charge in [0, 0.05) is 23.3 Å². The third-order valence-corrected chi connectivity index (χ3v) is 5.05. The van der Waals surface area contributed by atoms with E-state index in [0.717, 1.165) is 22.4 Å². The summed E-state index contributed by atoms with van der Waals surface area (Å²) in [6.45, 7) is 4.04. The van der Waals surface area contributed by atoms with Gasteiger partial charge in [0.25, 0.3) is 0 Å². The zero-order valence-corrected chi connectivity index (χ0v) is 16.6. The van der Waals surface area contributed by atoms with Crippen LogP contribution in [-0.2, 0) is 0 Å². The number of benzene rings is 3. The molecule has 6 N–H and O–H groups in total. The maximum atomic E-state index is 10.4. The lowest BCUT2D eigenvalue weighted by molar-refractivity contribution is 0.428. The van der Waals surface area contributed by atoms with Gasteiger partial charge in [-0.3, -0.25) is 5.43 Å². The summed E-state index contributed by atoms with van der Waals surface area (Å²) in [5, 5.41) is 41.6. The normalized spacial score (nSPS) is 16.1. The van der Waals surface area contributed by atoms with E-state index in [1.54, 1.807) is 17.3 Å². The van der Waals surface area contributed by atoms with Crippen molar-refractivity contribution in [2.24, 2.45) is 0 Å². The molecule has 0 spiro atoms. The predicted octanol–water partition coefficient (Wildman–Crippen LogP) is 3.74.